The minimum Gasteiger partial charge on any atom is -0.480 e. The number of nitrogens with one attached hydrogen (secondary N) is 1. The second kappa shape index (κ2) is 8.82. The van der Waals surface area contributed by atoms with E-state index in [1.54, 1.807) is 0 Å². The van der Waals surface area contributed by atoms with Crippen LogP contribution in [0.4, 0.5) is 0 Å². The van der Waals surface area contributed by atoms with Crippen molar-refractivity contribution < 1.29 is 24.2 Å². The summed E-state index contributed by atoms with van der Waals surface area (Å²) >= 11 is 1.44. The van der Waals surface area contributed by atoms with Crippen molar-refractivity contribution in [1.82, 2.24) is 10.2 Å². The summed E-state index contributed by atoms with van der Waals surface area (Å²) in [5.41, 5.74) is -1.07. The van der Waals surface area contributed by atoms with Crippen LogP contribution in [0.15, 0.2) is 0 Å². The fraction of sp³-hybridized carbons (Fsp3) is 0.875. The Kier molecular flexibility index (Phi) is 6.99. The third kappa shape index (κ3) is 4.29. The maximum Gasteiger partial charge on any atom is 0.327 e. The molecule has 182 valence electrons. The van der Waals surface area contributed by atoms with Crippen molar-refractivity contribution in [2.24, 2.45) is 23.7 Å². The number of nitrogens with zero attached hydrogens (tertiary/aromatic N) is 1. The summed E-state index contributed by atoms with van der Waals surface area (Å²) in [6.07, 6.45) is 3.21. The van der Waals surface area contributed by atoms with Crippen LogP contribution in [0, 0.1) is 23.7 Å². The zero-order valence-electron chi connectivity index (χ0n) is 20.7. The molecule has 0 aromatic heterocycles. The fourth-order valence-electron chi connectivity index (χ4n) is 5.45. The van der Waals surface area contributed by atoms with Crippen molar-refractivity contribution in [3.63, 3.8) is 0 Å². The van der Waals surface area contributed by atoms with Crippen molar-refractivity contribution in [3.05, 3.63) is 0 Å². The molecule has 3 rings (SSSR count). The van der Waals surface area contributed by atoms with Crippen LogP contribution in [-0.2, 0) is 19.1 Å². The first kappa shape index (κ1) is 25.3. The van der Waals surface area contributed by atoms with Gasteiger partial charge in [0.25, 0.3) is 5.91 Å². The molecule has 0 spiro atoms. The van der Waals surface area contributed by atoms with E-state index in [0.717, 1.165) is 12.8 Å². The van der Waals surface area contributed by atoms with Crippen LogP contribution in [0.2, 0.25) is 0 Å². The molecule has 7 nitrogen and oxygen atoms in total. The highest BCUT2D eigenvalue weighted by molar-refractivity contribution is 8.01. The SMILES string of the molecule is CC(C)[C@H]1CC[C@@H](C)C[C@H]1O[C@](C)(C(=O)N[C@@H]1C(=O)N2[C@@H]1SC(C)(C)[C@@H]2C(=O)O)C(C)C. The zero-order chi connectivity index (χ0) is 24.2. The summed E-state index contributed by atoms with van der Waals surface area (Å²) in [6, 6.07) is -1.61. The summed E-state index contributed by atoms with van der Waals surface area (Å²) in [6.45, 7) is 16.1. The molecule has 3 aliphatic rings. The summed E-state index contributed by atoms with van der Waals surface area (Å²) in [7, 11) is 0. The van der Waals surface area contributed by atoms with Crippen molar-refractivity contribution in [3.8, 4) is 0 Å². The largest absolute Gasteiger partial charge is 0.480 e. The number of carbonyl (C=O) groups excluding carboxylic acids is 2. The number of amides is 2. The number of rotatable bonds is 7. The van der Waals surface area contributed by atoms with Gasteiger partial charge in [0.1, 0.15) is 23.1 Å². The summed E-state index contributed by atoms with van der Waals surface area (Å²) < 4.78 is 6.01. The lowest BCUT2D eigenvalue weighted by Crippen LogP contribution is -2.72. The van der Waals surface area contributed by atoms with Crippen molar-refractivity contribution in [2.45, 2.75) is 109 Å². The molecule has 8 heteroatoms. The van der Waals surface area contributed by atoms with Crippen LogP contribution < -0.4 is 5.32 Å². The topological polar surface area (TPSA) is 95.9 Å². The Morgan fingerprint density at radius 3 is 2.41 bits per heavy atom. The summed E-state index contributed by atoms with van der Waals surface area (Å²) in [5, 5.41) is 12.2. The molecular weight excluding hydrogens is 428 g/mol. The average Bonchev–Trinajstić information content (AvgIpc) is 2.93. The lowest BCUT2D eigenvalue weighted by Gasteiger charge is -2.47. The van der Waals surface area contributed by atoms with Gasteiger partial charge in [-0.2, -0.15) is 0 Å². The van der Waals surface area contributed by atoms with Gasteiger partial charge in [-0.05, 0) is 57.3 Å². The molecule has 0 bridgehead atoms. The quantitative estimate of drug-likeness (QED) is 0.555. The Morgan fingerprint density at radius 1 is 1.25 bits per heavy atom. The van der Waals surface area contributed by atoms with Gasteiger partial charge in [0.05, 0.1) is 6.10 Å². The predicted molar refractivity (Wildman–Crippen MR) is 125 cm³/mol. The average molecular weight is 469 g/mol. The van der Waals surface area contributed by atoms with Gasteiger partial charge < -0.3 is 20.1 Å². The molecule has 2 aliphatic heterocycles. The monoisotopic (exact) mass is 468 g/mol. The Bertz CT molecular complexity index is 769. The molecule has 2 N–H and O–H groups in total. The normalized spacial score (nSPS) is 35.9. The molecule has 1 aliphatic carbocycles. The molecule has 1 saturated carbocycles. The Labute approximate surface area is 196 Å². The van der Waals surface area contributed by atoms with Gasteiger partial charge >= 0.3 is 5.97 Å². The highest BCUT2D eigenvalue weighted by atomic mass is 32.2. The van der Waals surface area contributed by atoms with Crippen LogP contribution >= 0.6 is 11.8 Å². The first-order chi connectivity index (χ1) is 14.7. The van der Waals surface area contributed by atoms with E-state index >= 15 is 0 Å². The highest BCUT2D eigenvalue weighted by Gasteiger charge is 2.64. The highest BCUT2D eigenvalue weighted by Crippen LogP contribution is 2.51. The van der Waals surface area contributed by atoms with E-state index in [0.29, 0.717) is 17.8 Å². The zero-order valence-corrected chi connectivity index (χ0v) is 21.5. The predicted octanol–water partition coefficient (Wildman–Crippen LogP) is 3.51. The number of thioether (sulfide) groups is 1. The Balaban J connectivity index is 1.76. The van der Waals surface area contributed by atoms with E-state index < -0.39 is 28.4 Å². The minimum absolute atomic E-state index is 0.00155. The second-order valence-electron chi connectivity index (χ2n) is 11.3. The second-order valence-corrected chi connectivity index (χ2v) is 13.1. The molecular formula is C24H40N2O5S. The third-order valence-corrected chi connectivity index (χ3v) is 9.44. The van der Waals surface area contributed by atoms with Crippen LogP contribution in [0.3, 0.4) is 0 Å². The van der Waals surface area contributed by atoms with E-state index in [4.69, 9.17) is 4.74 Å². The smallest absolute Gasteiger partial charge is 0.327 e. The van der Waals surface area contributed by atoms with Gasteiger partial charge in [0, 0.05) is 4.75 Å². The maximum atomic E-state index is 13.5. The maximum absolute atomic E-state index is 13.5. The van der Waals surface area contributed by atoms with E-state index in [2.05, 4.69) is 26.1 Å². The van der Waals surface area contributed by atoms with E-state index in [9.17, 15) is 19.5 Å². The van der Waals surface area contributed by atoms with Crippen LogP contribution in [0.5, 0.6) is 0 Å². The third-order valence-electron chi connectivity index (χ3n) is 7.87. The van der Waals surface area contributed by atoms with E-state index in [1.807, 2.05) is 34.6 Å². The van der Waals surface area contributed by atoms with Crippen molar-refractivity contribution in [1.29, 1.82) is 0 Å². The van der Waals surface area contributed by atoms with Gasteiger partial charge in [-0.25, -0.2) is 4.79 Å². The first-order valence-corrected chi connectivity index (χ1v) is 12.8. The van der Waals surface area contributed by atoms with Crippen molar-refractivity contribution >= 4 is 29.5 Å². The van der Waals surface area contributed by atoms with Crippen LogP contribution in [-0.4, -0.2) is 61.7 Å². The van der Waals surface area contributed by atoms with Gasteiger partial charge in [0.2, 0.25) is 5.91 Å². The van der Waals surface area contributed by atoms with E-state index in [1.165, 1.54) is 23.1 Å². The van der Waals surface area contributed by atoms with Crippen LogP contribution in [0.25, 0.3) is 0 Å². The summed E-state index contributed by atoms with van der Waals surface area (Å²) in [4.78, 5) is 39.5. The Hall–Kier alpha value is -1.28. The van der Waals surface area contributed by atoms with Gasteiger partial charge in [-0.3, -0.25) is 9.59 Å². The van der Waals surface area contributed by atoms with Gasteiger partial charge in [-0.1, -0.05) is 41.0 Å². The lowest BCUT2D eigenvalue weighted by molar-refractivity contribution is -0.179. The van der Waals surface area contributed by atoms with Gasteiger partial charge in [0.15, 0.2) is 0 Å². The van der Waals surface area contributed by atoms with Gasteiger partial charge in [-0.15, -0.1) is 11.8 Å². The number of β-lactam (4-membered cyclic amide) rings is 1. The summed E-state index contributed by atoms with van der Waals surface area (Å²) in [5.74, 6) is -0.280. The number of carboxylic acids is 1. The molecule has 32 heavy (non-hydrogen) atoms. The molecule has 2 amide bonds. The number of carbonyl (C=O) groups is 3. The molecule has 0 radical (unpaired) electrons. The van der Waals surface area contributed by atoms with Crippen LogP contribution in [0.1, 0.15) is 74.7 Å². The molecule has 3 fully saturated rings. The van der Waals surface area contributed by atoms with Crippen molar-refractivity contribution in [2.75, 3.05) is 0 Å². The van der Waals surface area contributed by atoms with E-state index in [-0.39, 0.29) is 29.2 Å². The molecule has 0 aromatic rings. The number of fused-ring (bicyclic) bond motifs is 1. The Morgan fingerprint density at radius 2 is 1.88 bits per heavy atom. The number of hydrogen-bond acceptors (Lipinski definition) is 5. The molecule has 2 saturated heterocycles. The number of aliphatic carboxylic acids is 1. The number of ether oxygens (including phenoxy) is 1. The number of carboxylic acid groups (broad SMARTS) is 1. The lowest BCUT2D eigenvalue weighted by atomic mass is 9.75. The molecule has 0 unspecified atom stereocenters. The minimum atomic E-state index is -1.07. The molecule has 7 atom stereocenters. The first-order valence-electron chi connectivity index (χ1n) is 11.9. The molecule has 0 aromatic carbocycles. The molecule has 2 heterocycles. The fourth-order valence-corrected chi connectivity index (χ4v) is 7.07. The number of hydrogen-bond donors (Lipinski definition) is 2. The standard InChI is InChI=1S/C24H40N2O5S/c1-12(2)15-10-9-14(5)11-16(15)31-24(8,13(3)4)22(30)25-17-19(27)26-18(21(28)29)23(6,7)32-20(17)26/h12-18,20H,9-11H2,1-8H3,(H,25,30)(H,28,29)/t14-,15-,16-,17-,18+,20-,24+/m1/s1.